The molecule has 1 aliphatic rings. The van der Waals surface area contributed by atoms with Gasteiger partial charge in [0.2, 0.25) is 0 Å². The average Bonchev–Trinajstić information content (AvgIpc) is 2.28. The van der Waals surface area contributed by atoms with E-state index in [0.717, 1.165) is 18.7 Å². The molecule has 1 N–H and O–H groups in total. The summed E-state index contributed by atoms with van der Waals surface area (Å²) in [6, 6.07) is 6.58. The number of carbonyl (C=O) groups is 1. The molecule has 1 aromatic rings. The molecular formula is C14H18FNO2. The van der Waals surface area contributed by atoms with E-state index in [9.17, 15) is 9.18 Å². The highest BCUT2D eigenvalue weighted by atomic mass is 19.1. The van der Waals surface area contributed by atoms with Crippen LogP contribution in [0.15, 0.2) is 24.3 Å². The van der Waals surface area contributed by atoms with E-state index < -0.39 is 5.97 Å². The third-order valence-electron chi connectivity index (χ3n) is 3.60. The van der Waals surface area contributed by atoms with E-state index in [4.69, 9.17) is 5.11 Å². The number of benzene rings is 1. The van der Waals surface area contributed by atoms with Crippen LogP contribution in [-0.2, 0) is 11.3 Å². The molecule has 18 heavy (non-hydrogen) atoms. The SMILES string of the molecule is CC1CN(Cc2cccc(F)c2)CCC1C(=O)O. The first-order valence-electron chi connectivity index (χ1n) is 6.26. The minimum Gasteiger partial charge on any atom is -0.481 e. The summed E-state index contributed by atoms with van der Waals surface area (Å²) in [5.74, 6) is -1.02. The van der Waals surface area contributed by atoms with Crippen LogP contribution in [0, 0.1) is 17.7 Å². The Balaban J connectivity index is 1.95. The van der Waals surface area contributed by atoms with Crippen LogP contribution in [0.2, 0.25) is 0 Å². The molecule has 2 unspecified atom stereocenters. The van der Waals surface area contributed by atoms with Gasteiger partial charge in [0.05, 0.1) is 5.92 Å². The number of nitrogens with zero attached hydrogens (tertiary/aromatic N) is 1. The first-order chi connectivity index (χ1) is 8.56. The van der Waals surface area contributed by atoms with Gasteiger partial charge in [-0.25, -0.2) is 4.39 Å². The topological polar surface area (TPSA) is 40.5 Å². The van der Waals surface area contributed by atoms with Crippen molar-refractivity contribution in [2.75, 3.05) is 13.1 Å². The second-order valence-corrected chi connectivity index (χ2v) is 5.08. The molecule has 0 saturated carbocycles. The van der Waals surface area contributed by atoms with Crippen LogP contribution in [0.5, 0.6) is 0 Å². The van der Waals surface area contributed by atoms with Gasteiger partial charge in [-0.3, -0.25) is 9.69 Å². The Bertz CT molecular complexity index is 436. The third kappa shape index (κ3) is 3.07. The lowest BCUT2D eigenvalue weighted by atomic mass is 9.87. The maximum Gasteiger partial charge on any atom is 0.306 e. The van der Waals surface area contributed by atoms with Crippen molar-refractivity contribution in [3.63, 3.8) is 0 Å². The first-order valence-corrected chi connectivity index (χ1v) is 6.26. The van der Waals surface area contributed by atoms with E-state index in [1.54, 1.807) is 6.07 Å². The molecule has 0 bridgehead atoms. The summed E-state index contributed by atoms with van der Waals surface area (Å²) in [5, 5.41) is 9.05. The van der Waals surface area contributed by atoms with Gasteiger partial charge in [0.25, 0.3) is 0 Å². The number of hydrogen-bond donors (Lipinski definition) is 1. The number of rotatable bonds is 3. The van der Waals surface area contributed by atoms with Crippen molar-refractivity contribution in [2.24, 2.45) is 11.8 Å². The maximum atomic E-state index is 13.1. The molecule has 0 aliphatic carbocycles. The van der Waals surface area contributed by atoms with Gasteiger partial charge in [-0.2, -0.15) is 0 Å². The van der Waals surface area contributed by atoms with Crippen molar-refractivity contribution in [1.82, 2.24) is 4.90 Å². The van der Waals surface area contributed by atoms with Gasteiger partial charge in [-0.05, 0) is 36.6 Å². The summed E-state index contributed by atoms with van der Waals surface area (Å²) in [4.78, 5) is 13.2. The Kier molecular flexibility index (Phi) is 3.97. The predicted molar refractivity (Wildman–Crippen MR) is 66.6 cm³/mol. The van der Waals surface area contributed by atoms with E-state index >= 15 is 0 Å². The van der Waals surface area contributed by atoms with Gasteiger partial charge in [0.1, 0.15) is 5.82 Å². The van der Waals surface area contributed by atoms with E-state index in [-0.39, 0.29) is 17.7 Å². The highest BCUT2D eigenvalue weighted by molar-refractivity contribution is 5.70. The minimum absolute atomic E-state index is 0.143. The molecule has 1 aromatic carbocycles. The number of likely N-dealkylation sites (tertiary alicyclic amines) is 1. The highest BCUT2D eigenvalue weighted by Gasteiger charge is 2.30. The fourth-order valence-electron chi connectivity index (χ4n) is 2.64. The lowest BCUT2D eigenvalue weighted by Crippen LogP contribution is -2.41. The van der Waals surface area contributed by atoms with Crippen molar-refractivity contribution in [1.29, 1.82) is 0 Å². The van der Waals surface area contributed by atoms with Crippen LogP contribution in [-0.4, -0.2) is 29.1 Å². The summed E-state index contributed by atoms with van der Waals surface area (Å²) in [6.45, 7) is 4.18. The zero-order valence-electron chi connectivity index (χ0n) is 10.5. The highest BCUT2D eigenvalue weighted by Crippen LogP contribution is 2.24. The standard InChI is InChI=1S/C14H18FNO2/c1-10-8-16(6-5-13(10)14(17)18)9-11-3-2-4-12(15)7-11/h2-4,7,10,13H,5-6,8-9H2,1H3,(H,17,18). The third-order valence-corrected chi connectivity index (χ3v) is 3.60. The molecule has 1 fully saturated rings. The van der Waals surface area contributed by atoms with Gasteiger partial charge >= 0.3 is 5.97 Å². The number of piperidine rings is 1. The van der Waals surface area contributed by atoms with Crippen molar-refractivity contribution in [3.05, 3.63) is 35.6 Å². The summed E-state index contributed by atoms with van der Waals surface area (Å²) in [6.07, 6.45) is 0.672. The van der Waals surface area contributed by atoms with Gasteiger partial charge in [-0.1, -0.05) is 19.1 Å². The van der Waals surface area contributed by atoms with Crippen molar-refractivity contribution in [3.8, 4) is 0 Å². The summed E-state index contributed by atoms with van der Waals surface area (Å²) < 4.78 is 13.1. The van der Waals surface area contributed by atoms with Crippen LogP contribution < -0.4 is 0 Å². The molecule has 0 spiro atoms. The van der Waals surface area contributed by atoms with Gasteiger partial charge in [-0.15, -0.1) is 0 Å². The number of carboxylic acid groups (broad SMARTS) is 1. The number of halogens is 1. The van der Waals surface area contributed by atoms with Gasteiger partial charge < -0.3 is 5.11 Å². The maximum absolute atomic E-state index is 13.1. The van der Waals surface area contributed by atoms with Crippen LogP contribution in [0.3, 0.4) is 0 Å². The Labute approximate surface area is 106 Å². The zero-order chi connectivity index (χ0) is 13.1. The molecule has 1 aliphatic heterocycles. The van der Waals surface area contributed by atoms with E-state index in [1.807, 2.05) is 13.0 Å². The molecule has 1 saturated heterocycles. The van der Waals surface area contributed by atoms with E-state index in [2.05, 4.69) is 4.90 Å². The molecule has 1 heterocycles. The van der Waals surface area contributed by atoms with Gasteiger partial charge in [0.15, 0.2) is 0 Å². The molecule has 2 rings (SSSR count). The van der Waals surface area contributed by atoms with Crippen LogP contribution >= 0.6 is 0 Å². The predicted octanol–water partition coefficient (Wildman–Crippen LogP) is 2.37. The Morgan fingerprint density at radius 1 is 1.56 bits per heavy atom. The minimum atomic E-state index is -0.701. The van der Waals surface area contributed by atoms with Crippen LogP contribution in [0.1, 0.15) is 18.9 Å². The lowest BCUT2D eigenvalue weighted by molar-refractivity contribution is -0.145. The fraction of sp³-hybridized carbons (Fsp3) is 0.500. The molecule has 2 atom stereocenters. The monoisotopic (exact) mass is 251 g/mol. The summed E-state index contributed by atoms with van der Waals surface area (Å²) in [5.41, 5.74) is 0.941. The lowest BCUT2D eigenvalue weighted by Gasteiger charge is -2.34. The quantitative estimate of drug-likeness (QED) is 0.896. The fourth-order valence-corrected chi connectivity index (χ4v) is 2.64. The largest absolute Gasteiger partial charge is 0.481 e. The smallest absolute Gasteiger partial charge is 0.306 e. The number of aliphatic carboxylic acids is 1. The normalized spacial score (nSPS) is 25.0. The number of carboxylic acids is 1. The van der Waals surface area contributed by atoms with Crippen LogP contribution in [0.4, 0.5) is 4.39 Å². The molecule has 3 nitrogen and oxygen atoms in total. The number of hydrogen-bond acceptors (Lipinski definition) is 2. The molecular weight excluding hydrogens is 233 g/mol. The second kappa shape index (κ2) is 5.48. The van der Waals surface area contributed by atoms with Crippen LogP contribution in [0.25, 0.3) is 0 Å². The van der Waals surface area contributed by atoms with Crippen molar-refractivity contribution in [2.45, 2.75) is 19.9 Å². The second-order valence-electron chi connectivity index (χ2n) is 5.08. The zero-order valence-corrected chi connectivity index (χ0v) is 10.5. The molecule has 0 aromatic heterocycles. The summed E-state index contributed by atoms with van der Waals surface area (Å²) in [7, 11) is 0. The first kappa shape index (κ1) is 13.0. The Hall–Kier alpha value is -1.42. The Morgan fingerprint density at radius 3 is 2.94 bits per heavy atom. The van der Waals surface area contributed by atoms with Crippen molar-refractivity contribution < 1.29 is 14.3 Å². The van der Waals surface area contributed by atoms with E-state index in [1.165, 1.54) is 12.1 Å². The molecule has 0 amide bonds. The van der Waals surface area contributed by atoms with Gasteiger partial charge in [0, 0.05) is 13.1 Å². The summed E-state index contributed by atoms with van der Waals surface area (Å²) >= 11 is 0. The molecule has 98 valence electrons. The van der Waals surface area contributed by atoms with Crippen molar-refractivity contribution >= 4 is 5.97 Å². The molecule has 4 heteroatoms. The molecule has 0 radical (unpaired) electrons. The Morgan fingerprint density at radius 2 is 2.33 bits per heavy atom. The van der Waals surface area contributed by atoms with E-state index in [0.29, 0.717) is 13.0 Å². The average molecular weight is 251 g/mol.